The third-order valence-corrected chi connectivity index (χ3v) is 5.79. The van der Waals surface area contributed by atoms with Crippen molar-refractivity contribution in [3.8, 4) is 0 Å². The molecule has 2 saturated heterocycles. The topological polar surface area (TPSA) is 75.9 Å². The molecule has 7 nitrogen and oxygen atoms in total. The van der Waals surface area contributed by atoms with Crippen LogP contribution >= 0.6 is 0 Å². The van der Waals surface area contributed by atoms with E-state index in [4.69, 9.17) is 9.15 Å². The highest BCUT2D eigenvalue weighted by Gasteiger charge is 2.30. The molecule has 1 atom stereocenters. The zero-order valence-electron chi connectivity index (χ0n) is 15.7. The Kier molecular flexibility index (Phi) is 4.39. The summed E-state index contributed by atoms with van der Waals surface area (Å²) in [4.78, 5) is 33.3. The van der Waals surface area contributed by atoms with Gasteiger partial charge in [0.25, 0.3) is 5.91 Å². The molecule has 2 aromatic rings. The Hall–Kier alpha value is -2.67. The van der Waals surface area contributed by atoms with Gasteiger partial charge in [0.15, 0.2) is 5.89 Å². The van der Waals surface area contributed by atoms with Gasteiger partial charge < -0.3 is 19.0 Å². The summed E-state index contributed by atoms with van der Waals surface area (Å²) in [6.45, 7) is 3.19. The average molecular weight is 381 g/mol. The highest BCUT2D eigenvalue weighted by Crippen LogP contribution is 2.30. The van der Waals surface area contributed by atoms with Crippen LogP contribution in [-0.2, 0) is 22.5 Å². The standard InChI is InChI=1S/C21H23N3O4/c25-19-5-2-8-24(19)16-4-1-3-14(11-16)21(26)23-9-6-18-17(12-23)22-20(28-18)15-7-10-27-13-15/h1,3-4,11,15H,2,5-10,12-13H2. The molecule has 1 aromatic heterocycles. The van der Waals surface area contributed by atoms with Crippen LogP contribution in [0.15, 0.2) is 28.7 Å². The van der Waals surface area contributed by atoms with Crippen molar-refractivity contribution in [2.45, 2.75) is 38.1 Å². The van der Waals surface area contributed by atoms with Crippen molar-refractivity contribution < 1.29 is 18.7 Å². The molecule has 0 saturated carbocycles. The molecule has 4 heterocycles. The minimum atomic E-state index is -0.0344. The molecule has 3 aliphatic rings. The fourth-order valence-corrected chi connectivity index (χ4v) is 4.21. The Bertz CT molecular complexity index is 916. The number of benzene rings is 1. The number of carbonyl (C=O) groups excluding carboxylic acids is 2. The SMILES string of the molecule is O=C(c1cccc(N2CCCC2=O)c1)N1CCc2oc(C3CCOC3)nc2C1. The van der Waals surface area contributed by atoms with Crippen molar-refractivity contribution in [3.05, 3.63) is 47.2 Å². The monoisotopic (exact) mass is 381 g/mol. The number of hydrogen-bond acceptors (Lipinski definition) is 5. The van der Waals surface area contributed by atoms with Gasteiger partial charge in [-0.3, -0.25) is 9.59 Å². The van der Waals surface area contributed by atoms with Crippen LogP contribution in [0.4, 0.5) is 5.69 Å². The smallest absolute Gasteiger partial charge is 0.254 e. The lowest BCUT2D eigenvalue weighted by molar-refractivity contribution is -0.117. The lowest BCUT2D eigenvalue weighted by atomic mass is 10.1. The van der Waals surface area contributed by atoms with Crippen molar-refractivity contribution in [1.29, 1.82) is 0 Å². The lowest BCUT2D eigenvalue weighted by Gasteiger charge is -2.26. The van der Waals surface area contributed by atoms with Gasteiger partial charge in [-0.15, -0.1) is 0 Å². The van der Waals surface area contributed by atoms with Crippen LogP contribution in [0.1, 0.15) is 52.9 Å². The number of nitrogens with zero attached hydrogens (tertiary/aromatic N) is 3. The third kappa shape index (κ3) is 3.09. The quantitative estimate of drug-likeness (QED) is 0.817. The minimum absolute atomic E-state index is 0.0344. The average Bonchev–Trinajstić information content (AvgIpc) is 3.46. The van der Waals surface area contributed by atoms with E-state index < -0.39 is 0 Å². The van der Waals surface area contributed by atoms with Crippen molar-refractivity contribution in [3.63, 3.8) is 0 Å². The van der Waals surface area contributed by atoms with E-state index in [1.807, 2.05) is 29.2 Å². The molecule has 0 aliphatic carbocycles. The Morgan fingerprint density at radius 1 is 1.21 bits per heavy atom. The molecule has 28 heavy (non-hydrogen) atoms. The normalized spacial score (nSPS) is 22.0. The highest BCUT2D eigenvalue weighted by molar-refractivity contribution is 5.99. The van der Waals surface area contributed by atoms with E-state index in [0.29, 0.717) is 38.1 Å². The molecule has 0 N–H and O–H groups in total. The predicted octanol–water partition coefficient (Wildman–Crippen LogP) is 2.50. The van der Waals surface area contributed by atoms with E-state index in [9.17, 15) is 9.59 Å². The molecule has 1 aromatic carbocycles. The molecule has 0 spiro atoms. The van der Waals surface area contributed by atoms with E-state index in [-0.39, 0.29) is 17.7 Å². The maximum atomic E-state index is 13.1. The molecule has 5 rings (SSSR count). The van der Waals surface area contributed by atoms with Crippen LogP contribution in [0.3, 0.4) is 0 Å². The highest BCUT2D eigenvalue weighted by atomic mass is 16.5. The molecule has 0 radical (unpaired) electrons. The largest absolute Gasteiger partial charge is 0.445 e. The summed E-state index contributed by atoms with van der Waals surface area (Å²) in [5.74, 6) is 1.95. The number of amides is 2. The summed E-state index contributed by atoms with van der Waals surface area (Å²) in [5.41, 5.74) is 2.26. The summed E-state index contributed by atoms with van der Waals surface area (Å²) in [5, 5.41) is 0. The van der Waals surface area contributed by atoms with E-state index in [2.05, 4.69) is 4.98 Å². The third-order valence-electron chi connectivity index (χ3n) is 5.79. The molecular formula is C21H23N3O4. The number of carbonyl (C=O) groups is 2. The number of anilines is 1. The molecule has 1 unspecified atom stereocenters. The van der Waals surface area contributed by atoms with E-state index >= 15 is 0 Å². The van der Waals surface area contributed by atoms with E-state index in [1.165, 1.54) is 0 Å². The van der Waals surface area contributed by atoms with Crippen LogP contribution in [-0.4, -0.2) is 48.0 Å². The summed E-state index contributed by atoms with van der Waals surface area (Å²) in [6, 6.07) is 7.37. The van der Waals surface area contributed by atoms with Gasteiger partial charge in [-0.2, -0.15) is 0 Å². The second-order valence-electron chi connectivity index (χ2n) is 7.66. The van der Waals surface area contributed by atoms with Gasteiger partial charge in [0.2, 0.25) is 5.91 Å². The van der Waals surface area contributed by atoms with Crippen LogP contribution in [0.25, 0.3) is 0 Å². The molecule has 0 bridgehead atoms. The summed E-state index contributed by atoms with van der Waals surface area (Å²) in [7, 11) is 0. The van der Waals surface area contributed by atoms with Gasteiger partial charge in [0, 0.05) is 43.8 Å². The van der Waals surface area contributed by atoms with Gasteiger partial charge in [0.05, 0.1) is 19.1 Å². The van der Waals surface area contributed by atoms with E-state index in [1.54, 1.807) is 4.90 Å². The minimum Gasteiger partial charge on any atom is -0.445 e. The number of aromatic nitrogens is 1. The number of hydrogen-bond donors (Lipinski definition) is 0. The molecule has 2 amide bonds. The molecule has 3 aliphatic heterocycles. The van der Waals surface area contributed by atoms with Gasteiger partial charge in [0.1, 0.15) is 11.5 Å². The number of ether oxygens (including phenoxy) is 1. The van der Waals surface area contributed by atoms with Gasteiger partial charge in [-0.05, 0) is 31.0 Å². The second-order valence-corrected chi connectivity index (χ2v) is 7.66. The Balaban J connectivity index is 1.33. The van der Waals surface area contributed by atoms with Crippen LogP contribution in [0.5, 0.6) is 0 Å². The van der Waals surface area contributed by atoms with Crippen LogP contribution in [0.2, 0.25) is 0 Å². The molecule has 2 fully saturated rings. The first-order chi connectivity index (χ1) is 13.7. The summed E-state index contributed by atoms with van der Waals surface area (Å²) < 4.78 is 11.4. The predicted molar refractivity (Wildman–Crippen MR) is 101 cm³/mol. The Labute approximate surface area is 163 Å². The van der Waals surface area contributed by atoms with Gasteiger partial charge in [-0.1, -0.05) is 6.07 Å². The molecule has 146 valence electrons. The fraction of sp³-hybridized carbons (Fsp3) is 0.476. The van der Waals surface area contributed by atoms with E-state index in [0.717, 1.165) is 49.0 Å². The van der Waals surface area contributed by atoms with Gasteiger partial charge >= 0.3 is 0 Å². The Morgan fingerprint density at radius 3 is 2.93 bits per heavy atom. The fourth-order valence-electron chi connectivity index (χ4n) is 4.21. The first kappa shape index (κ1) is 17.4. The zero-order chi connectivity index (χ0) is 19.1. The first-order valence-electron chi connectivity index (χ1n) is 9.95. The van der Waals surface area contributed by atoms with Crippen molar-refractivity contribution in [1.82, 2.24) is 9.88 Å². The molecular weight excluding hydrogens is 358 g/mol. The second kappa shape index (κ2) is 7.05. The number of rotatable bonds is 3. The maximum absolute atomic E-state index is 13.1. The number of fused-ring (bicyclic) bond motifs is 1. The van der Waals surface area contributed by atoms with Crippen LogP contribution < -0.4 is 4.90 Å². The van der Waals surface area contributed by atoms with Crippen LogP contribution in [0, 0.1) is 0 Å². The number of oxazole rings is 1. The summed E-state index contributed by atoms with van der Waals surface area (Å²) in [6.07, 6.45) is 3.05. The van der Waals surface area contributed by atoms with Crippen molar-refractivity contribution in [2.24, 2.45) is 0 Å². The Morgan fingerprint density at radius 2 is 2.14 bits per heavy atom. The first-order valence-corrected chi connectivity index (χ1v) is 9.95. The zero-order valence-corrected chi connectivity index (χ0v) is 15.7. The van der Waals surface area contributed by atoms with Crippen molar-refractivity contribution in [2.75, 3.05) is 31.2 Å². The lowest BCUT2D eigenvalue weighted by Crippen LogP contribution is -2.36. The summed E-state index contributed by atoms with van der Waals surface area (Å²) >= 11 is 0. The molecule has 7 heteroatoms. The van der Waals surface area contributed by atoms with Gasteiger partial charge in [-0.25, -0.2) is 4.98 Å². The van der Waals surface area contributed by atoms with Crippen molar-refractivity contribution >= 4 is 17.5 Å². The maximum Gasteiger partial charge on any atom is 0.254 e.